The zero-order valence-electron chi connectivity index (χ0n) is 18.3. The molecule has 0 saturated heterocycles. The smallest absolute Gasteiger partial charge is 0.341 e. The molecule has 156 valence electrons. The Morgan fingerprint density at radius 3 is 2.55 bits per heavy atom. The lowest BCUT2D eigenvalue weighted by atomic mass is 9.72. The van der Waals surface area contributed by atoms with Crippen molar-refractivity contribution >= 4 is 28.2 Å². The van der Waals surface area contributed by atoms with Crippen LogP contribution in [-0.2, 0) is 17.6 Å². The largest absolute Gasteiger partial charge is 0.462 e. The summed E-state index contributed by atoms with van der Waals surface area (Å²) in [6, 6.07) is 5.66. The lowest BCUT2D eigenvalue weighted by Crippen LogP contribution is -2.26. The fourth-order valence-corrected chi connectivity index (χ4v) is 5.20. The highest BCUT2D eigenvalue weighted by Crippen LogP contribution is 2.44. The van der Waals surface area contributed by atoms with Gasteiger partial charge in [-0.2, -0.15) is 0 Å². The van der Waals surface area contributed by atoms with E-state index in [0.717, 1.165) is 36.0 Å². The maximum absolute atomic E-state index is 12.9. The average Bonchev–Trinajstić information content (AvgIpc) is 3.00. The number of esters is 1. The van der Waals surface area contributed by atoms with E-state index in [4.69, 9.17) is 4.74 Å². The highest BCUT2D eigenvalue weighted by molar-refractivity contribution is 7.17. The van der Waals surface area contributed by atoms with Crippen LogP contribution in [0.3, 0.4) is 0 Å². The van der Waals surface area contributed by atoms with Gasteiger partial charge in [-0.25, -0.2) is 4.79 Å². The van der Waals surface area contributed by atoms with Crippen LogP contribution >= 0.6 is 11.3 Å². The van der Waals surface area contributed by atoms with Crippen molar-refractivity contribution in [3.05, 3.63) is 50.9 Å². The molecule has 1 amide bonds. The number of aryl methyl sites for hydroxylation is 2. The highest BCUT2D eigenvalue weighted by atomic mass is 32.1. The van der Waals surface area contributed by atoms with Gasteiger partial charge in [0.2, 0.25) is 0 Å². The van der Waals surface area contributed by atoms with Gasteiger partial charge in [-0.1, -0.05) is 26.8 Å². The topological polar surface area (TPSA) is 55.4 Å². The molecule has 1 N–H and O–H groups in total. The number of rotatable bonds is 4. The van der Waals surface area contributed by atoms with Crippen LogP contribution in [-0.4, -0.2) is 18.5 Å². The van der Waals surface area contributed by atoms with Crippen LogP contribution in [0.2, 0.25) is 0 Å². The first-order valence-electron chi connectivity index (χ1n) is 10.3. The third-order valence-electron chi connectivity index (χ3n) is 5.97. The van der Waals surface area contributed by atoms with Gasteiger partial charge in [-0.05, 0) is 80.2 Å². The number of carbonyl (C=O) groups is 2. The van der Waals surface area contributed by atoms with E-state index in [1.54, 1.807) is 6.92 Å². The molecule has 1 unspecified atom stereocenters. The predicted molar refractivity (Wildman–Crippen MR) is 119 cm³/mol. The second-order valence-electron chi connectivity index (χ2n) is 8.99. The first-order valence-corrected chi connectivity index (χ1v) is 11.1. The van der Waals surface area contributed by atoms with E-state index in [9.17, 15) is 9.59 Å². The molecular weight excluding hydrogens is 382 g/mol. The monoisotopic (exact) mass is 413 g/mol. The van der Waals surface area contributed by atoms with Crippen LogP contribution in [0.25, 0.3) is 0 Å². The van der Waals surface area contributed by atoms with Crippen molar-refractivity contribution in [3.63, 3.8) is 0 Å². The summed E-state index contributed by atoms with van der Waals surface area (Å²) in [6.07, 6.45) is 2.83. The molecule has 5 heteroatoms. The number of carbonyl (C=O) groups excluding carboxylic acids is 2. The van der Waals surface area contributed by atoms with E-state index in [2.05, 4.69) is 26.1 Å². The van der Waals surface area contributed by atoms with Gasteiger partial charge >= 0.3 is 5.97 Å². The normalized spacial score (nSPS) is 16.3. The van der Waals surface area contributed by atoms with E-state index < -0.39 is 0 Å². The van der Waals surface area contributed by atoms with E-state index in [-0.39, 0.29) is 17.3 Å². The van der Waals surface area contributed by atoms with Gasteiger partial charge in [0.1, 0.15) is 5.00 Å². The Morgan fingerprint density at radius 1 is 1.21 bits per heavy atom. The van der Waals surface area contributed by atoms with Crippen molar-refractivity contribution < 1.29 is 14.3 Å². The number of hydrogen-bond donors (Lipinski definition) is 1. The first-order chi connectivity index (χ1) is 13.6. The number of nitrogens with one attached hydrogen (secondary N) is 1. The summed E-state index contributed by atoms with van der Waals surface area (Å²) in [5.41, 5.74) is 4.65. The second kappa shape index (κ2) is 8.31. The van der Waals surface area contributed by atoms with Crippen molar-refractivity contribution in [1.82, 2.24) is 0 Å². The molecule has 1 atom stereocenters. The number of fused-ring (bicyclic) bond motifs is 1. The van der Waals surface area contributed by atoms with Crippen molar-refractivity contribution in [2.45, 2.75) is 60.8 Å². The lowest BCUT2D eigenvalue weighted by molar-refractivity contribution is 0.0526. The predicted octanol–water partition coefficient (Wildman–Crippen LogP) is 5.94. The molecule has 1 heterocycles. The van der Waals surface area contributed by atoms with Gasteiger partial charge in [0, 0.05) is 10.4 Å². The molecule has 29 heavy (non-hydrogen) atoms. The molecule has 1 aliphatic carbocycles. The molecule has 0 spiro atoms. The molecule has 2 aromatic rings. The summed E-state index contributed by atoms with van der Waals surface area (Å²) in [5, 5.41) is 3.62. The fourth-order valence-electron chi connectivity index (χ4n) is 3.89. The van der Waals surface area contributed by atoms with Crippen LogP contribution in [0.4, 0.5) is 5.00 Å². The Balaban J connectivity index is 1.95. The van der Waals surface area contributed by atoms with E-state index >= 15 is 0 Å². The zero-order chi connectivity index (χ0) is 21.3. The minimum absolute atomic E-state index is 0.190. The molecule has 0 radical (unpaired) electrons. The maximum atomic E-state index is 12.9. The van der Waals surface area contributed by atoms with Crippen LogP contribution < -0.4 is 5.32 Å². The van der Waals surface area contributed by atoms with Gasteiger partial charge in [0.15, 0.2) is 0 Å². The Hall–Kier alpha value is -2.14. The highest BCUT2D eigenvalue weighted by Gasteiger charge is 2.34. The summed E-state index contributed by atoms with van der Waals surface area (Å²) in [6.45, 7) is 12.9. The van der Waals surface area contributed by atoms with E-state index in [1.807, 2.05) is 32.0 Å². The summed E-state index contributed by atoms with van der Waals surface area (Å²) < 4.78 is 5.33. The van der Waals surface area contributed by atoms with Crippen molar-refractivity contribution in [1.29, 1.82) is 0 Å². The van der Waals surface area contributed by atoms with Crippen LogP contribution in [0.1, 0.15) is 76.4 Å². The van der Waals surface area contributed by atoms with Gasteiger partial charge in [-0.15, -0.1) is 11.3 Å². The number of ether oxygens (including phenoxy) is 1. The molecule has 0 bridgehead atoms. The summed E-state index contributed by atoms with van der Waals surface area (Å²) in [4.78, 5) is 26.8. The number of amides is 1. The van der Waals surface area contributed by atoms with Crippen molar-refractivity contribution in [3.8, 4) is 0 Å². The van der Waals surface area contributed by atoms with Crippen molar-refractivity contribution in [2.24, 2.45) is 11.3 Å². The Morgan fingerprint density at radius 2 is 1.93 bits per heavy atom. The zero-order valence-corrected chi connectivity index (χ0v) is 19.1. The van der Waals surface area contributed by atoms with Gasteiger partial charge in [0.05, 0.1) is 12.2 Å². The van der Waals surface area contributed by atoms with E-state index in [0.29, 0.717) is 28.7 Å². The molecule has 3 rings (SSSR count). The third kappa shape index (κ3) is 4.55. The number of benzene rings is 1. The molecule has 1 aliphatic rings. The van der Waals surface area contributed by atoms with Crippen LogP contribution in [0.15, 0.2) is 18.2 Å². The molecule has 0 fully saturated rings. The molecule has 1 aromatic carbocycles. The van der Waals surface area contributed by atoms with E-state index in [1.165, 1.54) is 16.2 Å². The summed E-state index contributed by atoms with van der Waals surface area (Å²) >= 11 is 1.53. The first kappa shape index (κ1) is 21.6. The second-order valence-corrected chi connectivity index (χ2v) is 10.1. The standard InChI is InChI=1S/C24H31NO3S/c1-7-28-23(27)20-18-11-10-17(24(4,5)6)13-19(18)29-22(20)25-21(26)16-9-8-14(2)15(3)12-16/h8-9,12,17H,7,10-11,13H2,1-6H3,(H,25,26). The maximum Gasteiger partial charge on any atom is 0.341 e. The van der Waals surface area contributed by atoms with Gasteiger partial charge < -0.3 is 10.1 Å². The van der Waals surface area contributed by atoms with Crippen LogP contribution in [0, 0.1) is 25.2 Å². The molecular formula is C24H31NO3S. The lowest BCUT2D eigenvalue weighted by Gasteiger charge is -2.33. The Kier molecular flexibility index (Phi) is 6.18. The number of thiophene rings is 1. The third-order valence-corrected chi connectivity index (χ3v) is 7.14. The molecule has 0 aliphatic heterocycles. The summed E-state index contributed by atoms with van der Waals surface area (Å²) in [5.74, 6) is 0.0335. The summed E-state index contributed by atoms with van der Waals surface area (Å²) in [7, 11) is 0. The van der Waals surface area contributed by atoms with Gasteiger partial charge in [-0.3, -0.25) is 4.79 Å². The minimum Gasteiger partial charge on any atom is -0.462 e. The number of anilines is 1. The quantitative estimate of drug-likeness (QED) is 0.631. The molecule has 4 nitrogen and oxygen atoms in total. The fraction of sp³-hybridized carbons (Fsp3) is 0.500. The van der Waals surface area contributed by atoms with Crippen LogP contribution in [0.5, 0.6) is 0 Å². The van der Waals surface area contributed by atoms with Gasteiger partial charge in [0.25, 0.3) is 5.91 Å². The molecule has 1 aromatic heterocycles. The minimum atomic E-state index is -0.338. The Labute approximate surface area is 177 Å². The SMILES string of the molecule is CCOC(=O)c1c(NC(=O)c2ccc(C)c(C)c2)sc2c1CCC(C(C)(C)C)C2. The number of hydrogen-bond acceptors (Lipinski definition) is 4. The molecule has 0 saturated carbocycles. The average molecular weight is 414 g/mol. The Bertz CT molecular complexity index is 936. The van der Waals surface area contributed by atoms with Crippen molar-refractivity contribution in [2.75, 3.05) is 11.9 Å².